The van der Waals surface area contributed by atoms with Crippen LogP contribution in [0, 0.1) is 6.92 Å². The molecule has 0 bridgehead atoms. The van der Waals surface area contributed by atoms with Gasteiger partial charge in [0, 0.05) is 21.5 Å². The van der Waals surface area contributed by atoms with Gasteiger partial charge >= 0.3 is 0 Å². The molecule has 0 saturated heterocycles. The van der Waals surface area contributed by atoms with Crippen LogP contribution in [-0.2, 0) is 0 Å². The molecule has 1 N–H and O–H groups in total. The Bertz CT molecular complexity index is 560. The summed E-state index contributed by atoms with van der Waals surface area (Å²) in [4.78, 5) is 14.2. The van der Waals surface area contributed by atoms with Crippen molar-refractivity contribution in [3.63, 3.8) is 0 Å². The molecule has 2 rings (SSSR count). The highest BCUT2D eigenvalue weighted by Gasteiger charge is 2.06. The molecule has 0 aliphatic rings. The molecule has 1 aromatic carbocycles. The topological polar surface area (TPSA) is 32.9 Å². The minimum atomic E-state index is -0.140. The molecular weight excluding hydrogens is 221 g/mol. The van der Waals surface area contributed by atoms with Crippen molar-refractivity contribution < 1.29 is 0 Å². The highest BCUT2D eigenvalue weighted by molar-refractivity contribution is 6.37. The number of benzene rings is 1. The summed E-state index contributed by atoms with van der Waals surface area (Å²) in [6.45, 7) is 1.75. The smallest absolute Gasteiger partial charge is 0.256 e. The second-order valence-corrected chi connectivity index (χ2v) is 3.90. The second-order valence-electron chi connectivity index (χ2n) is 3.08. The average molecular weight is 228 g/mol. The number of pyridine rings is 1. The summed E-state index contributed by atoms with van der Waals surface area (Å²) in [6.07, 6.45) is 0. The molecule has 0 spiro atoms. The lowest BCUT2D eigenvalue weighted by atomic mass is 10.1. The zero-order valence-electron chi connectivity index (χ0n) is 7.40. The number of H-pyrrole nitrogens is 1. The molecule has 4 heteroatoms. The van der Waals surface area contributed by atoms with Gasteiger partial charge in [-0.15, -0.1) is 0 Å². The third-order valence-corrected chi connectivity index (χ3v) is 2.82. The standard InChI is InChI=1S/C10H7Cl2NO/c1-5-9(12)8-4-6(11)2-3-7(8)10(14)13-5/h2-4H,1H3,(H,13,14). The molecule has 0 aliphatic carbocycles. The van der Waals surface area contributed by atoms with E-state index in [9.17, 15) is 4.79 Å². The molecule has 14 heavy (non-hydrogen) atoms. The minimum Gasteiger partial charge on any atom is -0.324 e. The Labute approximate surface area is 90.5 Å². The van der Waals surface area contributed by atoms with Crippen LogP contribution in [0.3, 0.4) is 0 Å². The summed E-state index contributed by atoms with van der Waals surface area (Å²) < 4.78 is 0. The van der Waals surface area contributed by atoms with Gasteiger partial charge in [0.05, 0.1) is 5.02 Å². The first-order valence-electron chi connectivity index (χ1n) is 4.07. The Hall–Kier alpha value is -0.990. The van der Waals surface area contributed by atoms with E-state index in [0.717, 1.165) is 0 Å². The van der Waals surface area contributed by atoms with E-state index in [2.05, 4.69) is 4.98 Å². The Morgan fingerprint density at radius 2 is 1.93 bits per heavy atom. The van der Waals surface area contributed by atoms with Gasteiger partial charge in [-0.2, -0.15) is 0 Å². The lowest BCUT2D eigenvalue weighted by Gasteiger charge is -2.03. The molecule has 72 valence electrons. The van der Waals surface area contributed by atoms with Gasteiger partial charge in [0.25, 0.3) is 5.56 Å². The summed E-state index contributed by atoms with van der Waals surface area (Å²) in [7, 11) is 0. The molecule has 0 saturated carbocycles. The fraction of sp³-hybridized carbons (Fsp3) is 0.100. The zero-order chi connectivity index (χ0) is 10.3. The van der Waals surface area contributed by atoms with Crippen molar-refractivity contribution in [2.24, 2.45) is 0 Å². The number of hydrogen-bond donors (Lipinski definition) is 1. The molecule has 2 nitrogen and oxygen atoms in total. The van der Waals surface area contributed by atoms with Gasteiger partial charge in [0.1, 0.15) is 0 Å². The van der Waals surface area contributed by atoms with Crippen molar-refractivity contribution in [1.82, 2.24) is 4.98 Å². The van der Waals surface area contributed by atoms with Crippen molar-refractivity contribution >= 4 is 34.0 Å². The van der Waals surface area contributed by atoms with Crippen LogP contribution >= 0.6 is 23.2 Å². The molecule has 0 aliphatic heterocycles. The van der Waals surface area contributed by atoms with E-state index in [1.807, 2.05) is 0 Å². The van der Waals surface area contributed by atoms with Gasteiger partial charge in [-0.05, 0) is 25.1 Å². The summed E-state index contributed by atoms with van der Waals surface area (Å²) in [5.41, 5.74) is 0.519. The van der Waals surface area contributed by atoms with E-state index in [1.54, 1.807) is 25.1 Å². The third-order valence-electron chi connectivity index (χ3n) is 2.09. The number of hydrogen-bond acceptors (Lipinski definition) is 1. The van der Waals surface area contributed by atoms with E-state index in [0.29, 0.717) is 26.5 Å². The number of nitrogens with one attached hydrogen (secondary N) is 1. The molecule has 0 amide bonds. The molecular formula is C10H7Cl2NO. The van der Waals surface area contributed by atoms with Crippen LogP contribution in [0.2, 0.25) is 10.0 Å². The van der Waals surface area contributed by atoms with E-state index in [-0.39, 0.29) is 5.56 Å². The lowest BCUT2D eigenvalue weighted by Crippen LogP contribution is -2.07. The normalized spacial score (nSPS) is 10.8. The lowest BCUT2D eigenvalue weighted by molar-refractivity contribution is 1.17. The van der Waals surface area contributed by atoms with Gasteiger partial charge < -0.3 is 4.98 Å². The molecule has 0 fully saturated rings. The highest BCUT2D eigenvalue weighted by Crippen LogP contribution is 2.25. The Morgan fingerprint density at radius 3 is 2.64 bits per heavy atom. The highest BCUT2D eigenvalue weighted by atomic mass is 35.5. The molecule has 2 aromatic rings. The van der Waals surface area contributed by atoms with Gasteiger partial charge in [0.2, 0.25) is 0 Å². The summed E-state index contributed by atoms with van der Waals surface area (Å²) in [5.74, 6) is 0. The molecule has 0 radical (unpaired) electrons. The Balaban J connectivity index is 3.03. The monoisotopic (exact) mass is 227 g/mol. The van der Waals surface area contributed by atoms with Crippen LogP contribution in [0.1, 0.15) is 5.69 Å². The Kier molecular flexibility index (Phi) is 2.25. The molecule has 0 unspecified atom stereocenters. The van der Waals surface area contributed by atoms with Crippen LogP contribution in [0.5, 0.6) is 0 Å². The maximum Gasteiger partial charge on any atom is 0.256 e. The van der Waals surface area contributed by atoms with Crippen molar-refractivity contribution in [1.29, 1.82) is 0 Å². The van der Waals surface area contributed by atoms with Crippen LogP contribution in [-0.4, -0.2) is 4.98 Å². The first kappa shape index (κ1) is 9.56. The number of fused-ring (bicyclic) bond motifs is 1. The quantitative estimate of drug-likeness (QED) is 0.738. The summed E-state index contributed by atoms with van der Waals surface area (Å²) >= 11 is 11.9. The largest absolute Gasteiger partial charge is 0.324 e. The third kappa shape index (κ3) is 1.41. The van der Waals surface area contributed by atoms with Gasteiger partial charge in [-0.1, -0.05) is 23.2 Å². The SMILES string of the molecule is Cc1[nH]c(=O)c2ccc(Cl)cc2c1Cl. The maximum absolute atomic E-state index is 11.5. The predicted molar refractivity (Wildman–Crippen MR) is 59.3 cm³/mol. The average Bonchev–Trinajstić information content (AvgIpc) is 2.14. The predicted octanol–water partition coefficient (Wildman–Crippen LogP) is 3.14. The molecule has 1 heterocycles. The number of halogens is 2. The van der Waals surface area contributed by atoms with E-state index >= 15 is 0 Å². The van der Waals surface area contributed by atoms with Gasteiger partial charge in [-0.25, -0.2) is 0 Å². The van der Waals surface area contributed by atoms with E-state index in [1.165, 1.54) is 0 Å². The second kappa shape index (κ2) is 3.30. The van der Waals surface area contributed by atoms with Crippen LogP contribution in [0.15, 0.2) is 23.0 Å². The van der Waals surface area contributed by atoms with Crippen molar-refractivity contribution in [2.45, 2.75) is 6.92 Å². The first-order chi connectivity index (χ1) is 6.59. The van der Waals surface area contributed by atoms with Crippen molar-refractivity contribution in [3.8, 4) is 0 Å². The maximum atomic E-state index is 11.5. The van der Waals surface area contributed by atoms with E-state index < -0.39 is 0 Å². The van der Waals surface area contributed by atoms with Crippen LogP contribution < -0.4 is 5.56 Å². The number of rotatable bonds is 0. The molecule has 0 atom stereocenters. The number of aromatic amines is 1. The van der Waals surface area contributed by atoms with Gasteiger partial charge in [-0.3, -0.25) is 4.79 Å². The summed E-state index contributed by atoms with van der Waals surface area (Å²) in [5, 5.41) is 2.37. The minimum absolute atomic E-state index is 0.140. The van der Waals surface area contributed by atoms with Crippen molar-refractivity contribution in [2.75, 3.05) is 0 Å². The van der Waals surface area contributed by atoms with Crippen molar-refractivity contribution in [3.05, 3.63) is 44.3 Å². The number of aryl methyl sites for hydroxylation is 1. The van der Waals surface area contributed by atoms with E-state index in [4.69, 9.17) is 23.2 Å². The first-order valence-corrected chi connectivity index (χ1v) is 4.83. The zero-order valence-corrected chi connectivity index (χ0v) is 8.91. The van der Waals surface area contributed by atoms with Crippen LogP contribution in [0.25, 0.3) is 10.8 Å². The fourth-order valence-electron chi connectivity index (χ4n) is 1.39. The van der Waals surface area contributed by atoms with Gasteiger partial charge in [0.15, 0.2) is 0 Å². The fourth-order valence-corrected chi connectivity index (χ4v) is 1.77. The Morgan fingerprint density at radius 1 is 1.21 bits per heavy atom. The molecule has 1 aromatic heterocycles. The number of aromatic nitrogens is 1. The van der Waals surface area contributed by atoms with Crippen LogP contribution in [0.4, 0.5) is 0 Å². The summed E-state index contributed by atoms with van der Waals surface area (Å²) in [6, 6.07) is 5.04.